The molecule has 0 atom stereocenters. The molecule has 2 rings (SSSR count). The number of ether oxygens (including phenoxy) is 2. The highest BCUT2D eigenvalue weighted by Gasteiger charge is 1.98. The van der Waals surface area contributed by atoms with E-state index >= 15 is 0 Å². The Bertz CT molecular complexity index is 618. The van der Waals surface area contributed by atoms with E-state index in [1.807, 2.05) is 48.5 Å². The van der Waals surface area contributed by atoms with Crippen LogP contribution in [-0.2, 0) is 4.79 Å². The molecule has 0 aliphatic rings. The van der Waals surface area contributed by atoms with E-state index in [0.29, 0.717) is 12.4 Å². The summed E-state index contributed by atoms with van der Waals surface area (Å²) in [5.41, 5.74) is 1.05. The quantitative estimate of drug-likeness (QED) is 0.710. The summed E-state index contributed by atoms with van der Waals surface area (Å²) >= 11 is 0. The highest BCUT2D eigenvalue weighted by atomic mass is 16.5. The molecular weight excluding hydrogens is 292 g/mol. The molecule has 0 heterocycles. The molecule has 0 aliphatic carbocycles. The van der Waals surface area contributed by atoms with E-state index in [1.54, 1.807) is 12.1 Å². The van der Waals surface area contributed by atoms with Gasteiger partial charge in [0.25, 0.3) is 0 Å². The van der Waals surface area contributed by atoms with E-state index in [2.05, 4.69) is 6.08 Å². The molecule has 0 aliphatic heterocycles. The third-order valence-corrected chi connectivity index (χ3v) is 3.08. The van der Waals surface area contributed by atoms with Crippen LogP contribution in [0.5, 0.6) is 11.5 Å². The SMILES string of the molecule is O=C(O)COc1ccc(/C=C/CCCOc2ccccc2)cc1. The average Bonchev–Trinajstić information content (AvgIpc) is 2.58. The van der Waals surface area contributed by atoms with Crippen LogP contribution in [0.3, 0.4) is 0 Å². The number of carboxylic acid groups (broad SMARTS) is 1. The third kappa shape index (κ3) is 6.70. The monoisotopic (exact) mass is 312 g/mol. The summed E-state index contributed by atoms with van der Waals surface area (Å²) in [4.78, 5) is 10.4. The van der Waals surface area contributed by atoms with Crippen LogP contribution in [0.15, 0.2) is 60.7 Å². The van der Waals surface area contributed by atoms with E-state index in [0.717, 1.165) is 24.2 Å². The lowest BCUT2D eigenvalue weighted by Crippen LogP contribution is -2.09. The number of hydrogen-bond donors (Lipinski definition) is 1. The standard InChI is InChI=1S/C19H20O4/c20-19(21)15-23-18-12-10-16(11-13-18)7-3-2-6-14-22-17-8-4-1-5-9-17/h1,3-5,7-13H,2,6,14-15H2,(H,20,21)/b7-3+. The zero-order valence-corrected chi connectivity index (χ0v) is 12.9. The first-order chi connectivity index (χ1) is 11.2. The molecule has 2 aromatic carbocycles. The van der Waals surface area contributed by atoms with Crippen molar-refractivity contribution >= 4 is 12.0 Å². The molecule has 0 radical (unpaired) electrons. The largest absolute Gasteiger partial charge is 0.494 e. The van der Waals surface area contributed by atoms with Crippen molar-refractivity contribution in [1.82, 2.24) is 0 Å². The summed E-state index contributed by atoms with van der Waals surface area (Å²) in [6.07, 6.45) is 6.01. The molecule has 2 aromatic rings. The number of unbranched alkanes of at least 4 members (excludes halogenated alkanes) is 1. The van der Waals surface area contributed by atoms with Crippen molar-refractivity contribution in [3.05, 3.63) is 66.2 Å². The summed E-state index contributed by atoms with van der Waals surface area (Å²) in [7, 11) is 0. The van der Waals surface area contributed by atoms with Gasteiger partial charge in [0.1, 0.15) is 11.5 Å². The van der Waals surface area contributed by atoms with E-state index in [1.165, 1.54) is 0 Å². The molecule has 0 spiro atoms. The number of carboxylic acids is 1. The number of allylic oxidation sites excluding steroid dienone is 1. The van der Waals surface area contributed by atoms with Crippen LogP contribution in [0.2, 0.25) is 0 Å². The van der Waals surface area contributed by atoms with Gasteiger partial charge in [-0.15, -0.1) is 0 Å². The van der Waals surface area contributed by atoms with Crippen molar-refractivity contribution in [2.45, 2.75) is 12.8 Å². The number of para-hydroxylation sites is 1. The molecular formula is C19H20O4. The van der Waals surface area contributed by atoms with E-state index in [-0.39, 0.29) is 6.61 Å². The number of carbonyl (C=O) groups is 1. The minimum atomic E-state index is -0.980. The summed E-state index contributed by atoms with van der Waals surface area (Å²) in [6.45, 7) is 0.368. The maximum atomic E-state index is 10.4. The second-order valence-corrected chi connectivity index (χ2v) is 4.96. The van der Waals surface area contributed by atoms with Crippen molar-refractivity contribution in [2.75, 3.05) is 13.2 Å². The van der Waals surface area contributed by atoms with Gasteiger partial charge in [-0.2, -0.15) is 0 Å². The third-order valence-electron chi connectivity index (χ3n) is 3.08. The van der Waals surface area contributed by atoms with Crippen molar-refractivity contribution in [2.24, 2.45) is 0 Å². The second kappa shape index (κ2) is 9.30. The molecule has 0 unspecified atom stereocenters. The van der Waals surface area contributed by atoms with Gasteiger partial charge in [0, 0.05) is 0 Å². The lowest BCUT2D eigenvalue weighted by molar-refractivity contribution is -0.139. The van der Waals surface area contributed by atoms with Crippen LogP contribution in [0.1, 0.15) is 18.4 Å². The van der Waals surface area contributed by atoms with Gasteiger partial charge in [-0.05, 0) is 42.7 Å². The first kappa shape index (κ1) is 16.6. The van der Waals surface area contributed by atoms with Crippen molar-refractivity contribution < 1.29 is 19.4 Å². The van der Waals surface area contributed by atoms with E-state index < -0.39 is 5.97 Å². The van der Waals surface area contributed by atoms with Gasteiger partial charge in [0.05, 0.1) is 6.61 Å². The normalized spacial score (nSPS) is 10.6. The van der Waals surface area contributed by atoms with Gasteiger partial charge in [0.15, 0.2) is 6.61 Å². The van der Waals surface area contributed by atoms with Gasteiger partial charge < -0.3 is 14.6 Å². The predicted octanol–water partition coefficient (Wildman–Crippen LogP) is 4.02. The van der Waals surface area contributed by atoms with Gasteiger partial charge >= 0.3 is 5.97 Å². The summed E-state index contributed by atoms with van der Waals surface area (Å²) in [6, 6.07) is 17.1. The van der Waals surface area contributed by atoms with Crippen LogP contribution in [0.25, 0.3) is 6.08 Å². The highest BCUT2D eigenvalue weighted by molar-refractivity contribution is 5.68. The predicted molar refractivity (Wildman–Crippen MR) is 89.8 cm³/mol. The minimum absolute atomic E-state index is 0.323. The summed E-state index contributed by atoms with van der Waals surface area (Å²) in [5, 5.41) is 8.54. The highest BCUT2D eigenvalue weighted by Crippen LogP contribution is 2.14. The number of benzene rings is 2. The molecule has 23 heavy (non-hydrogen) atoms. The zero-order valence-electron chi connectivity index (χ0n) is 12.9. The fourth-order valence-electron chi connectivity index (χ4n) is 1.95. The smallest absolute Gasteiger partial charge is 0.341 e. The fraction of sp³-hybridized carbons (Fsp3) is 0.211. The maximum Gasteiger partial charge on any atom is 0.341 e. The Labute approximate surface area is 136 Å². The second-order valence-electron chi connectivity index (χ2n) is 4.96. The lowest BCUT2D eigenvalue weighted by atomic mass is 10.2. The Kier molecular flexibility index (Phi) is 6.72. The van der Waals surface area contributed by atoms with Crippen molar-refractivity contribution in [3.63, 3.8) is 0 Å². The maximum absolute atomic E-state index is 10.4. The molecule has 0 aromatic heterocycles. The summed E-state index contributed by atoms with van der Waals surface area (Å²) < 4.78 is 10.7. The molecule has 0 bridgehead atoms. The average molecular weight is 312 g/mol. The first-order valence-corrected chi connectivity index (χ1v) is 7.53. The molecule has 1 N–H and O–H groups in total. The molecule has 0 amide bonds. The molecule has 4 heteroatoms. The van der Waals surface area contributed by atoms with E-state index in [9.17, 15) is 4.79 Å². The fourth-order valence-corrected chi connectivity index (χ4v) is 1.95. The van der Waals surface area contributed by atoms with Gasteiger partial charge in [-0.1, -0.05) is 42.5 Å². The van der Waals surface area contributed by atoms with Gasteiger partial charge in [0.2, 0.25) is 0 Å². The first-order valence-electron chi connectivity index (χ1n) is 7.53. The molecule has 0 saturated heterocycles. The summed E-state index contributed by atoms with van der Waals surface area (Å²) in [5.74, 6) is 0.473. The van der Waals surface area contributed by atoms with Crippen LogP contribution in [0.4, 0.5) is 0 Å². The lowest BCUT2D eigenvalue weighted by Gasteiger charge is -2.04. The van der Waals surface area contributed by atoms with Crippen LogP contribution in [0, 0.1) is 0 Å². The van der Waals surface area contributed by atoms with E-state index in [4.69, 9.17) is 14.6 Å². The van der Waals surface area contributed by atoms with Crippen LogP contribution in [-0.4, -0.2) is 24.3 Å². The number of hydrogen-bond acceptors (Lipinski definition) is 3. The van der Waals surface area contributed by atoms with Crippen LogP contribution >= 0.6 is 0 Å². The zero-order chi connectivity index (χ0) is 16.3. The topological polar surface area (TPSA) is 55.8 Å². The van der Waals surface area contributed by atoms with Crippen molar-refractivity contribution in [3.8, 4) is 11.5 Å². The Morgan fingerprint density at radius 2 is 1.65 bits per heavy atom. The Balaban J connectivity index is 1.66. The van der Waals surface area contributed by atoms with Gasteiger partial charge in [-0.25, -0.2) is 4.79 Å². The Hall–Kier alpha value is -2.75. The number of aliphatic carboxylic acids is 1. The van der Waals surface area contributed by atoms with Crippen LogP contribution < -0.4 is 9.47 Å². The minimum Gasteiger partial charge on any atom is -0.494 e. The molecule has 120 valence electrons. The molecule has 4 nitrogen and oxygen atoms in total. The Morgan fingerprint density at radius 1 is 0.957 bits per heavy atom. The molecule has 0 fully saturated rings. The van der Waals surface area contributed by atoms with Gasteiger partial charge in [-0.3, -0.25) is 0 Å². The Morgan fingerprint density at radius 3 is 2.35 bits per heavy atom. The van der Waals surface area contributed by atoms with Crippen molar-refractivity contribution in [1.29, 1.82) is 0 Å². The number of rotatable bonds is 9. The molecule has 0 saturated carbocycles.